The Labute approximate surface area is 198 Å². The summed E-state index contributed by atoms with van der Waals surface area (Å²) in [5.41, 5.74) is 5.69. The Balaban J connectivity index is 2.99. The van der Waals surface area contributed by atoms with Crippen LogP contribution in [-0.4, -0.2) is 75.4 Å². The van der Waals surface area contributed by atoms with Gasteiger partial charge in [0.05, 0.1) is 19.3 Å². The van der Waals surface area contributed by atoms with Crippen LogP contribution >= 0.6 is 0 Å². The van der Waals surface area contributed by atoms with Gasteiger partial charge >= 0.3 is 5.97 Å². The molecule has 5 atom stereocenters. The minimum atomic E-state index is -3.34. The summed E-state index contributed by atoms with van der Waals surface area (Å²) in [4.78, 5) is 11.8. The summed E-state index contributed by atoms with van der Waals surface area (Å²) in [5.74, 6) is -4.18. The van der Waals surface area contributed by atoms with Gasteiger partial charge in [0, 0.05) is 32.7 Å². The molecule has 1 fully saturated rings. The van der Waals surface area contributed by atoms with Crippen LogP contribution in [0.15, 0.2) is 0 Å². The average Bonchev–Trinajstić information content (AvgIpc) is 2.77. The van der Waals surface area contributed by atoms with E-state index in [0.717, 1.165) is 38.5 Å². The Morgan fingerprint density at radius 3 is 2.24 bits per heavy atom. The second-order valence-corrected chi connectivity index (χ2v) is 8.60. The predicted octanol–water partition coefficient (Wildman–Crippen LogP) is 4.25. The lowest BCUT2D eigenvalue weighted by Crippen LogP contribution is -2.57. The molecule has 0 aromatic rings. The van der Waals surface area contributed by atoms with Crippen LogP contribution in [0.4, 0.5) is 8.78 Å². The van der Waals surface area contributed by atoms with Gasteiger partial charge in [0.2, 0.25) is 0 Å². The van der Waals surface area contributed by atoms with Crippen molar-refractivity contribution >= 4 is 5.97 Å². The maximum atomic E-state index is 15.2. The van der Waals surface area contributed by atoms with Gasteiger partial charge in [-0.2, -0.15) is 0 Å². The number of halogens is 2. The van der Waals surface area contributed by atoms with Crippen LogP contribution in [0.25, 0.3) is 0 Å². The molecule has 1 aliphatic rings. The summed E-state index contributed by atoms with van der Waals surface area (Å²) < 4.78 is 58.9. The summed E-state index contributed by atoms with van der Waals surface area (Å²) >= 11 is 0. The molecule has 0 aromatic heterocycles. The second-order valence-electron chi connectivity index (χ2n) is 8.60. The lowest BCUT2D eigenvalue weighted by Gasteiger charge is -2.44. The third-order valence-electron chi connectivity index (χ3n) is 5.63. The van der Waals surface area contributed by atoms with Gasteiger partial charge in [-0.05, 0) is 26.2 Å². The van der Waals surface area contributed by atoms with Crippen LogP contribution in [0.3, 0.4) is 0 Å². The first-order chi connectivity index (χ1) is 15.8. The first-order valence-corrected chi connectivity index (χ1v) is 12.6. The molecule has 0 unspecified atom stereocenters. The number of ether oxygens (including phenoxy) is 5. The van der Waals surface area contributed by atoms with Crippen molar-refractivity contribution in [2.75, 3.05) is 33.0 Å². The topological polar surface area (TPSA) is 89.2 Å². The molecule has 196 valence electrons. The fourth-order valence-electron chi connectivity index (χ4n) is 3.66. The Hall–Kier alpha value is -0.870. The van der Waals surface area contributed by atoms with E-state index in [2.05, 4.69) is 13.8 Å². The molecule has 0 radical (unpaired) electrons. The SMILES string of the molecule is CCCCOC[C@H]1O[C@H](C(F)(F)C[C@H](N)C(=O)OCC)C[C@@H](OCCCC)[C@H]1OCCCC. The molecular formula is C24H45F2NO6. The number of esters is 1. The van der Waals surface area contributed by atoms with E-state index in [1.54, 1.807) is 6.92 Å². The number of carbonyl (C=O) groups excluding carboxylic acids is 1. The molecule has 2 N–H and O–H groups in total. The lowest BCUT2D eigenvalue weighted by molar-refractivity contribution is -0.260. The van der Waals surface area contributed by atoms with E-state index in [9.17, 15) is 4.79 Å². The minimum Gasteiger partial charge on any atom is -0.465 e. The zero-order valence-electron chi connectivity index (χ0n) is 20.9. The average molecular weight is 482 g/mol. The molecule has 0 aliphatic carbocycles. The van der Waals surface area contributed by atoms with Crippen molar-refractivity contribution in [2.24, 2.45) is 5.73 Å². The first-order valence-electron chi connectivity index (χ1n) is 12.6. The quantitative estimate of drug-likeness (QED) is 0.231. The van der Waals surface area contributed by atoms with Crippen LogP contribution in [0, 0.1) is 0 Å². The Bertz CT molecular complexity index is 525. The molecule has 7 nitrogen and oxygen atoms in total. The summed E-state index contributed by atoms with van der Waals surface area (Å²) in [7, 11) is 0. The van der Waals surface area contributed by atoms with E-state index in [-0.39, 0.29) is 19.6 Å². The number of hydrogen-bond donors (Lipinski definition) is 1. The van der Waals surface area contributed by atoms with Crippen LogP contribution in [0.1, 0.15) is 79.1 Å². The van der Waals surface area contributed by atoms with E-state index in [4.69, 9.17) is 29.4 Å². The Morgan fingerprint density at radius 1 is 1.03 bits per heavy atom. The molecule has 0 spiro atoms. The molecule has 1 heterocycles. The van der Waals surface area contributed by atoms with Crippen molar-refractivity contribution in [3.8, 4) is 0 Å². The highest BCUT2D eigenvalue weighted by molar-refractivity contribution is 5.75. The van der Waals surface area contributed by atoms with Crippen molar-refractivity contribution < 1.29 is 37.3 Å². The highest BCUT2D eigenvalue weighted by Gasteiger charge is 2.51. The molecule has 0 bridgehead atoms. The summed E-state index contributed by atoms with van der Waals surface area (Å²) in [5, 5.41) is 0. The number of carbonyl (C=O) groups is 1. The molecule has 1 saturated heterocycles. The monoisotopic (exact) mass is 481 g/mol. The number of alkyl halides is 2. The third-order valence-corrected chi connectivity index (χ3v) is 5.63. The largest absolute Gasteiger partial charge is 0.465 e. The van der Waals surface area contributed by atoms with Gasteiger partial charge in [-0.15, -0.1) is 0 Å². The highest BCUT2D eigenvalue weighted by atomic mass is 19.3. The molecule has 1 aliphatic heterocycles. The number of rotatable bonds is 18. The highest BCUT2D eigenvalue weighted by Crippen LogP contribution is 2.37. The molecule has 9 heteroatoms. The predicted molar refractivity (Wildman–Crippen MR) is 122 cm³/mol. The van der Waals surface area contributed by atoms with Gasteiger partial charge in [0.25, 0.3) is 5.92 Å². The lowest BCUT2D eigenvalue weighted by atomic mass is 9.91. The van der Waals surface area contributed by atoms with Gasteiger partial charge in [-0.3, -0.25) is 4.79 Å². The minimum absolute atomic E-state index is 0.0471. The fraction of sp³-hybridized carbons (Fsp3) is 0.958. The van der Waals surface area contributed by atoms with Gasteiger partial charge < -0.3 is 29.4 Å². The van der Waals surface area contributed by atoms with Crippen LogP contribution in [-0.2, 0) is 28.5 Å². The van der Waals surface area contributed by atoms with Gasteiger partial charge in [-0.25, -0.2) is 8.78 Å². The molecule has 0 saturated carbocycles. The number of unbranched alkanes of at least 4 members (excludes halogenated alkanes) is 3. The maximum absolute atomic E-state index is 15.2. The van der Waals surface area contributed by atoms with Crippen LogP contribution in [0.5, 0.6) is 0 Å². The Kier molecular flexibility index (Phi) is 15.3. The van der Waals surface area contributed by atoms with Crippen molar-refractivity contribution in [3.05, 3.63) is 0 Å². The van der Waals surface area contributed by atoms with Crippen molar-refractivity contribution in [2.45, 2.75) is 115 Å². The summed E-state index contributed by atoms with van der Waals surface area (Å²) in [6.07, 6.45) is 1.29. The zero-order chi connectivity index (χ0) is 24.7. The summed E-state index contributed by atoms with van der Waals surface area (Å²) in [6.45, 7) is 9.46. The standard InChI is InChI=1S/C24H45F2NO6/c1-5-9-12-29-17-20-22(32-14-11-7-3)19(31-13-10-6-2)15-21(33-20)24(25,26)16-18(27)23(28)30-8-4/h18-22H,5-17,27H2,1-4H3/t18-,19+,20+,21-,22+/m0/s1. The smallest absolute Gasteiger partial charge is 0.323 e. The van der Waals surface area contributed by atoms with E-state index < -0.39 is 48.8 Å². The van der Waals surface area contributed by atoms with Gasteiger partial charge in [-0.1, -0.05) is 40.0 Å². The first kappa shape index (κ1) is 30.2. The van der Waals surface area contributed by atoms with E-state index >= 15 is 8.78 Å². The number of nitrogens with two attached hydrogens (primary N) is 1. The van der Waals surface area contributed by atoms with Crippen molar-refractivity contribution in [1.82, 2.24) is 0 Å². The zero-order valence-corrected chi connectivity index (χ0v) is 20.9. The molecular weight excluding hydrogens is 436 g/mol. The molecule has 1 rings (SSSR count). The van der Waals surface area contributed by atoms with Crippen molar-refractivity contribution in [3.63, 3.8) is 0 Å². The summed E-state index contributed by atoms with van der Waals surface area (Å²) in [6, 6.07) is -1.43. The van der Waals surface area contributed by atoms with Crippen LogP contribution < -0.4 is 5.73 Å². The Morgan fingerprint density at radius 2 is 1.64 bits per heavy atom. The normalized spacial score (nSPS) is 24.6. The number of hydrogen-bond acceptors (Lipinski definition) is 7. The van der Waals surface area contributed by atoms with Crippen molar-refractivity contribution in [1.29, 1.82) is 0 Å². The molecule has 33 heavy (non-hydrogen) atoms. The fourth-order valence-corrected chi connectivity index (χ4v) is 3.66. The van der Waals surface area contributed by atoms with E-state index in [1.165, 1.54) is 0 Å². The van der Waals surface area contributed by atoms with E-state index in [0.29, 0.717) is 19.8 Å². The molecule has 0 aromatic carbocycles. The second kappa shape index (κ2) is 16.7. The van der Waals surface area contributed by atoms with Gasteiger partial charge in [0.15, 0.2) is 0 Å². The van der Waals surface area contributed by atoms with Gasteiger partial charge in [0.1, 0.15) is 24.4 Å². The molecule has 0 amide bonds. The maximum Gasteiger partial charge on any atom is 0.323 e. The van der Waals surface area contributed by atoms with E-state index in [1.807, 2.05) is 6.92 Å². The third kappa shape index (κ3) is 10.9. The van der Waals surface area contributed by atoms with Crippen LogP contribution in [0.2, 0.25) is 0 Å².